The first-order valence-electron chi connectivity index (χ1n) is 9.71. The standard InChI is InChI=1S/C19H20F3N7O2S/c1-5-32(30,31)18-15(16-23-7-6-14(25-10(2)3)29(16)27-18)17-26-11-8-13(19(20,21)22)24-9-12(11)28(17)4/h6-10,25H,5H2,1-4H3. The first-order valence-corrected chi connectivity index (χ1v) is 11.4. The van der Waals surface area contributed by atoms with Crippen LogP contribution < -0.4 is 5.32 Å². The second-order valence-corrected chi connectivity index (χ2v) is 9.69. The molecule has 0 saturated carbocycles. The molecule has 0 aliphatic carbocycles. The highest BCUT2D eigenvalue weighted by atomic mass is 32.2. The number of rotatable bonds is 5. The number of nitrogens with one attached hydrogen (secondary N) is 1. The fourth-order valence-corrected chi connectivity index (χ4v) is 4.32. The average molecular weight is 467 g/mol. The van der Waals surface area contributed by atoms with E-state index < -0.39 is 21.7 Å². The van der Waals surface area contributed by atoms with Crippen LogP contribution in [0.15, 0.2) is 29.6 Å². The Morgan fingerprint density at radius 1 is 1.22 bits per heavy atom. The number of fused-ring (bicyclic) bond motifs is 2. The van der Waals surface area contributed by atoms with Crippen LogP contribution in [0.3, 0.4) is 0 Å². The maximum atomic E-state index is 13.1. The van der Waals surface area contributed by atoms with Gasteiger partial charge in [0.1, 0.15) is 22.9 Å². The Hall–Kier alpha value is -3.22. The number of hydrogen-bond acceptors (Lipinski definition) is 7. The van der Waals surface area contributed by atoms with Crippen LogP contribution in [0.5, 0.6) is 0 Å². The zero-order valence-electron chi connectivity index (χ0n) is 17.6. The summed E-state index contributed by atoms with van der Waals surface area (Å²) in [6.07, 6.45) is -2.07. The summed E-state index contributed by atoms with van der Waals surface area (Å²) < 4.78 is 68.0. The van der Waals surface area contributed by atoms with Gasteiger partial charge in [-0.15, -0.1) is 0 Å². The molecule has 0 unspecified atom stereocenters. The van der Waals surface area contributed by atoms with Gasteiger partial charge in [0.05, 0.1) is 23.0 Å². The fourth-order valence-electron chi connectivity index (χ4n) is 3.35. The number of alkyl halides is 3. The van der Waals surface area contributed by atoms with Gasteiger partial charge in [0.25, 0.3) is 0 Å². The second kappa shape index (κ2) is 7.43. The summed E-state index contributed by atoms with van der Waals surface area (Å²) in [5.41, 5.74) is -0.418. The third kappa shape index (κ3) is 3.55. The summed E-state index contributed by atoms with van der Waals surface area (Å²) in [6, 6.07) is 2.51. The van der Waals surface area contributed by atoms with E-state index in [4.69, 9.17) is 0 Å². The summed E-state index contributed by atoms with van der Waals surface area (Å²) in [4.78, 5) is 12.1. The third-order valence-electron chi connectivity index (χ3n) is 4.88. The molecule has 0 bridgehead atoms. The van der Waals surface area contributed by atoms with Gasteiger partial charge in [0, 0.05) is 19.3 Å². The summed E-state index contributed by atoms with van der Waals surface area (Å²) in [6.45, 7) is 5.31. The van der Waals surface area contributed by atoms with Crippen molar-refractivity contribution in [3.63, 3.8) is 0 Å². The molecule has 0 amide bonds. The molecule has 9 nitrogen and oxygen atoms in total. The van der Waals surface area contributed by atoms with Crippen LogP contribution in [0, 0.1) is 0 Å². The maximum Gasteiger partial charge on any atom is 0.433 e. The van der Waals surface area contributed by atoms with Gasteiger partial charge in [-0.25, -0.2) is 23.4 Å². The Bertz CT molecular complexity index is 1440. The first-order chi connectivity index (χ1) is 14.9. The van der Waals surface area contributed by atoms with Gasteiger partial charge < -0.3 is 9.88 Å². The molecule has 0 spiro atoms. The molecule has 170 valence electrons. The number of halogens is 3. The zero-order valence-corrected chi connectivity index (χ0v) is 18.5. The van der Waals surface area contributed by atoms with Crippen molar-refractivity contribution < 1.29 is 21.6 Å². The molecule has 1 N–H and O–H groups in total. The molecule has 0 saturated heterocycles. The molecule has 32 heavy (non-hydrogen) atoms. The quantitative estimate of drug-likeness (QED) is 0.480. The van der Waals surface area contributed by atoms with Crippen molar-refractivity contribution in [3.8, 4) is 11.4 Å². The SMILES string of the molecule is CCS(=O)(=O)c1nn2c(NC(C)C)ccnc2c1-c1nc2cc(C(F)(F)F)ncc2n1C. The lowest BCUT2D eigenvalue weighted by atomic mass is 10.3. The molecule has 0 radical (unpaired) electrons. The molecule has 0 aliphatic rings. The minimum Gasteiger partial charge on any atom is -0.368 e. The van der Waals surface area contributed by atoms with E-state index in [2.05, 4.69) is 25.4 Å². The van der Waals surface area contributed by atoms with E-state index in [0.717, 1.165) is 12.3 Å². The number of pyridine rings is 1. The highest BCUT2D eigenvalue weighted by Crippen LogP contribution is 2.35. The zero-order chi connectivity index (χ0) is 23.4. The summed E-state index contributed by atoms with van der Waals surface area (Å²) in [5.74, 6) is 0.418. The van der Waals surface area contributed by atoms with Crippen LogP contribution in [-0.2, 0) is 23.1 Å². The lowest BCUT2D eigenvalue weighted by Gasteiger charge is -2.10. The number of sulfone groups is 1. The molecular weight excluding hydrogens is 447 g/mol. The fraction of sp³-hybridized carbons (Fsp3) is 0.368. The summed E-state index contributed by atoms with van der Waals surface area (Å²) >= 11 is 0. The highest BCUT2D eigenvalue weighted by Gasteiger charge is 2.34. The van der Waals surface area contributed by atoms with Gasteiger partial charge in [0.15, 0.2) is 20.5 Å². The molecule has 4 rings (SSSR count). The van der Waals surface area contributed by atoms with E-state index >= 15 is 0 Å². The Labute approximate surface area is 181 Å². The van der Waals surface area contributed by atoms with Crippen molar-refractivity contribution in [2.45, 2.75) is 38.0 Å². The average Bonchev–Trinajstić information content (AvgIpc) is 3.26. The van der Waals surface area contributed by atoms with Crippen LogP contribution in [0.4, 0.5) is 19.0 Å². The summed E-state index contributed by atoms with van der Waals surface area (Å²) in [7, 11) is -2.25. The van der Waals surface area contributed by atoms with E-state index in [-0.39, 0.29) is 39.4 Å². The molecule has 0 aromatic carbocycles. The van der Waals surface area contributed by atoms with Crippen LogP contribution in [0.1, 0.15) is 26.5 Å². The van der Waals surface area contributed by atoms with Crippen molar-refractivity contribution in [1.29, 1.82) is 0 Å². The van der Waals surface area contributed by atoms with Crippen molar-refractivity contribution in [2.24, 2.45) is 7.05 Å². The monoisotopic (exact) mass is 467 g/mol. The molecule has 0 aliphatic heterocycles. The van der Waals surface area contributed by atoms with Gasteiger partial charge >= 0.3 is 6.18 Å². The van der Waals surface area contributed by atoms with Gasteiger partial charge in [0.2, 0.25) is 0 Å². The molecule has 13 heteroatoms. The number of aryl methyl sites for hydroxylation is 1. The van der Waals surface area contributed by atoms with Crippen LogP contribution in [-0.4, -0.2) is 49.3 Å². The third-order valence-corrected chi connectivity index (χ3v) is 6.51. The van der Waals surface area contributed by atoms with E-state index in [9.17, 15) is 21.6 Å². The van der Waals surface area contributed by atoms with Crippen LogP contribution >= 0.6 is 0 Å². The number of imidazole rings is 1. The largest absolute Gasteiger partial charge is 0.433 e. The normalized spacial score (nSPS) is 12.9. The minimum atomic E-state index is -4.63. The van der Waals surface area contributed by atoms with E-state index in [1.54, 1.807) is 13.1 Å². The van der Waals surface area contributed by atoms with Gasteiger partial charge in [-0.05, 0) is 26.0 Å². The first kappa shape index (κ1) is 22.0. The molecule has 0 fully saturated rings. The molecular formula is C19H20F3N7O2S. The smallest absolute Gasteiger partial charge is 0.368 e. The lowest BCUT2D eigenvalue weighted by molar-refractivity contribution is -0.141. The predicted molar refractivity (Wildman–Crippen MR) is 112 cm³/mol. The number of hydrogen-bond donors (Lipinski definition) is 1. The van der Waals surface area contributed by atoms with E-state index in [0.29, 0.717) is 11.3 Å². The highest BCUT2D eigenvalue weighted by molar-refractivity contribution is 7.91. The predicted octanol–water partition coefficient (Wildman–Crippen LogP) is 3.31. The van der Waals surface area contributed by atoms with Gasteiger partial charge in [-0.1, -0.05) is 6.92 Å². The lowest BCUT2D eigenvalue weighted by Crippen LogP contribution is -2.13. The molecule has 4 heterocycles. The van der Waals surface area contributed by atoms with Crippen molar-refractivity contribution in [2.75, 3.05) is 11.1 Å². The van der Waals surface area contributed by atoms with Crippen molar-refractivity contribution >= 4 is 32.3 Å². The minimum absolute atomic E-state index is 0.0282. The van der Waals surface area contributed by atoms with Crippen LogP contribution in [0.2, 0.25) is 0 Å². The molecule has 0 atom stereocenters. The Kier molecular flexibility index (Phi) is 5.11. The summed E-state index contributed by atoms with van der Waals surface area (Å²) in [5, 5.41) is 7.24. The van der Waals surface area contributed by atoms with E-state index in [1.165, 1.54) is 22.2 Å². The number of anilines is 1. The topological polar surface area (TPSA) is 107 Å². The second-order valence-electron chi connectivity index (χ2n) is 7.50. The van der Waals surface area contributed by atoms with Gasteiger partial charge in [-0.2, -0.15) is 22.8 Å². The van der Waals surface area contributed by atoms with Crippen LogP contribution in [0.25, 0.3) is 28.1 Å². The Morgan fingerprint density at radius 2 is 1.94 bits per heavy atom. The molecule has 4 aromatic rings. The Morgan fingerprint density at radius 3 is 2.56 bits per heavy atom. The van der Waals surface area contributed by atoms with Crippen molar-refractivity contribution in [3.05, 3.63) is 30.2 Å². The molecule has 4 aromatic heterocycles. The van der Waals surface area contributed by atoms with Gasteiger partial charge in [-0.3, -0.25) is 0 Å². The Balaban J connectivity index is 2.06. The number of aromatic nitrogens is 6. The number of nitrogens with zero attached hydrogens (tertiary/aromatic N) is 6. The van der Waals surface area contributed by atoms with E-state index in [1.807, 2.05) is 13.8 Å². The van der Waals surface area contributed by atoms with Crippen molar-refractivity contribution in [1.82, 2.24) is 29.1 Å². The maximum absolute atomic E-state index is 13.1.